The molecule has 2 aliphatic carbocycles. The largest absolute Gasteiger partial charge is 0.368 e. The van der Waals surface area contributed by atoms with Crippen LogP contribution in [-0.4, -0.2) is 19.1 Å². The van der Waals surface area contributed by atoms with Crippen molar-refractivity contribution >= 4 is 17.3 Å². The van der Waals surface area contributed by atoms with Crippen LogP contribution in [0.1, 0.15) is 45.1 Å². The van der Waals surface area contributed by atoms with Crippen molar-refractivity contribution in [1.29, 1.82) is 0 Å². The number of rotatable bonds is 8. The second-order valence-corrected chi connectivity index (χ2v) is 7.53. The van der Waals surface area contributed by atoms with E-state index in [1.54, 1.807) is 0 Å². The Labute approximate surface area is 133 Å². The Morgan fingerprint density at radius 3 is 2.57 bits per heavy atom. The molecule has 0 saturated heterocycles. The molecule has 0 atom stereocenters. The van der Waals surface area contributed by atoms with E-state index in [-0.39, 0.29) is 0 Å². The second-order valence-electron chi connectivity index (χ2n) is 7.13. The lowest BCUT2D eigenvalue weighted by Gasteiger charge is -2.25. The highest BCUT2D eigenvalue weighted by Gasteiger charge is 2.33. The quantitative estimate of drug-likeness (QED) is 0.762. The highest BCUT2D eigenvalue weighted by molar-refractivity contribution is 6.31. The summed E-state index contributed by atoms with van der Waals surface area (Å²) in [6.45, 7) is 7.58. The maximum Gasteiger partial charge on any atom is 0.0471 e. The van der Waals surface area contributed by atoms with E-state index < -0.39 is 0 Å². The Balaban J connectivity index is 1.64. The van der Waals surface area contributed by atoms with Crippen molar-refractivity contribution < 1.29 is 0 Å². The zero-order valence-electron chi connectivity index (χ0n) is 13.2. The summed E-state index contributed by atoms with van der Waals surface area (Å²) in [4.78, 5) is 2.59. The second kappa shape index (κ2) is 6.58. The maximum absolute atomic E-state index is 6.50. The fraction of sp³-hybridized carbons (Fsp3) is 0.667. The molecule has 0 aromatic heterocycles. The molecule has 0 radical (unpaired) electrons. The Bertz CT molecular complexity index is 478. The first-order valence-electron chi connectivity index (χ1n) is 8.39. The summed E-state index contributed by atoms with van der Waals surface area (Å²) in [7, 11) is 0. The highest BCUT2D eigenvalue weighted by atomic mass is 35.5. The number of nitrogens with zero attached hydrogens (tertiary/aromatic N) is 1. The first-order chi connectivity index (χ1) is 10.1. The molecule has 1 N–H and O–H groups in total. The molecule has 21 heavy (non-hydrogen) atoms. The fourth-order valence-corrected chi connectivity index (χ4v) is 3.03. The third-order valence-corrected chi connectivity index (χ3v) is 4.73. The van der Waals surface area contributed by atoms with E-state index in [0.29, 0.717) is 5.92 Å². The van der Waals surface area contributed by atoms with Crippen LogP contribution in [0.5, 0.6) is 0 Å². The average molecular weight is 307 g/mol. The van der Waals surface area contributed by atoms with Crippen LogP contribution in [0.15, 0.2) is 18.2 Å². The van der Waals surface area contributed by atoms with Gasteiger partial charge in [0.25, 0.3) is 0 Å². The standard InChI is InChI=1S/C18H27ClN2/c1-13(2)10-20-11-15-5-6-17(9-18(15)19)21(16-7-8-16)12-14-3-4-14/h5-6,9,13-14,16,20H,3-4,7-8,10-12H2,1-2H3. The minimum atomic E-state index is 0.673. The van der Waals surface area contributed by atoms with E-state index >= 15 is 0 Å². The molecule has 0 bridgehead atoms. The SMILES string of the molecule is CC(C)CNCc1ccc(N(CC2CC2)C2CC2)cc1Cl. The van der Waals surface area contributed by atoms with Gasteiger partial charge in [-0.05, 0) is 61.8 Å². The van der Waals surface area contributed by atoms with Crippen LogP contribution in [0, 0.1) is 11.8 Å². The van der Waals surface area contributed by atoms with Crippen molar-refractivity contribution in [1.82, 2.24) is 5.32 Å². The number of hydrogen-bond acceptors (Lipinski definition) is 2. The van der Waals surface area contributed by atoms with Gasteiger partial charge < -0.3 is 10.2 Å². The van der Waals surface area contributed by atoms with Crippen LogP contribution >= 0.6 is 11.6 Å². The van der Waals surface area contributed by atoms with Gasteiger partial charge in [0.2, 0.25) is 0 Å². The smallest absolute Gasteiger partial charge is 0.0471 e. The van der Waals surface area contributed by atoms with Crippen molar-refractivity contribution in [3.63, 3.8) is 0 Å². The third-order valence-electron chi connectivity index (χ3n) is 4.38. The van der Waals surface area contributed by atoms with Gasteiger partial charge in [-0.2, -0.15) is 0 Å². The minimum absolute atomic E-state index is 0.673. The molecule has 0 heterocycles. The molecule has 0 spiro atoms. The molecule has 1 aromatic carbocycles. The van der Waals surface area contributed by atoms with E-state index in [4.69, 9.17) is 11.6 Å². The molecule has 2 aliphatic rings. The molecule has 1 aromatic rings. The summed E-state index contributed by atoms with van der Waals surface area (Å²) in [5.41, 5.74) is 2.53. The van der Waals surface area contributed by atoms with Gasteiger partial charge in [0, 0.05) is 29.8 Å². The molecule has 0 aliphatic heterocycles. The van der Waals surface area contributed by atoms with Gasteiger partial charge in [-0.3, -0.25) is 0 Å². The van der Waals surface area contributed by atoms with Gasteiger partial charge in [0.15, 0.2) is 0 Å². The zero-order chi connectivity index (χ0) is 14.8. The number of nitrogens with one attached hydrogen (secondary N) is 1. The molecule has 2 saturated carbocycles. The molecular weight excluding hydrogens is 280 g/mol. The Kier molecular flexibility index (Phi) is 4.75. The predicted molar refractivity (Wildman–Crippen MR) is 91.1 cm³/mol. The van der Waals surface area contributed by atoms with Gasteiger partial charge in [-0.25, -0.2) is 0 Å². The predicted octanol–water partition coefficient (Wildman–Crippen LogP) is 4.46. The van der Waals surface area contributed by atoms with Crippen LogP contribution in [0.2, 0.25) is 5.02 Å². The number of benzene rings is 1. The molecule has 0 amide bonds. The topological polar surface area (TPSA) is 15.3 Å². The Morgan fingerprint density at radius 1 is 1.24 bits per heavy atom. The first-order valence-corrected chi connectivity index (χ1v) is 8.77. The highest BCUT2D eigenvalue weighted by Crippen LogP contribution is 2.38. The van der Waals surface area contributed by atoms with Crippen molar-refractivity contribution in [2.75, 3.05) is 18.0 Å². The van der Waals surface area contributed by atoms with Gasteiger partial charge >= 0.3 is 0 Å². The first kappa shape index (κ1) is 15.2. The Morgan fingerprint density at radius 2 is 2.00 bits per heavy atom. The van der Waals surface area contributed by atoms with Crippen LogP contribution < -0.4 is 10.2 Å². The van der Waals surface area contributed by atoms with Gasteiger partial charge in [0.1, 0.15) is 0 Å². The maximum atomic E-state index is 6.50. The van der Waals surface area contributed by atoms with Crippen LogP contribution in [0.25, 0.3) is 0 Å². The molecule has 3 rings (SSSR count). The number of halogens is 1. The number of hydrogen-bond donors (Lipinski definition) is 1. The van der Waals surface area contributed by atoms with E-state index in [9.17, 15) is 0 Å². The van der Waals surface area contributed by atoms with Gasteiger partial charge in [-0.15, -0.1) is 0 Å². The summed E-state index contributed by atoms with van der Waals surface area (Å²) in [5.74, 6) is 1.60. The number of anilines is 1. The molecular formula is C18H27ClN2. The lowest BCUT2D eigenvalue weighted by Crippen LogP contribution is -2.28. The van der Waals surface area contributed by atoms with Crippen LogP contribution in [-0.2, 0) is 6.54 Å². The van der Waals surface area contributed by atoms with Crippen molar-refractivity contribution in [2.24, 2.45) is 11.8 Å². The molecule has 116 valence electrons. The lowest BCUT2D eigenvalue weighted by atomic mass is 10.1. The monoisotopic (exact) mass is 306 g/mol. The van der Waals surface area contributed by atoms with Crippen molar-refractivity contribution in [3.8, 4) is 0 Å². The van der Waals surface area contributed by atoms with Crippen molar-refractivity contribution in [2.45, 2.75) is 52.1 Å². The third kappa shape index (κ3) is 4.37. The van der Waals surface area contributed by atoms with Crippen LogP contribution in [0.3, 0.4) is 0 Å². The summed E-state index contributed by atoms with van der Waals surface area (Å²) >= 11 is 6.50. The molecule has 0 unspecified atom stereocenters. The minimum Gasteiger partial charge on any atom is -0.368 e. The normalized spacial score (nSPS) is 18.3. The summed E-state index contributed by atoms with van der Waals surface area (Å²) in [6, 6.07) is 7.41. The van der Waals surface area contributed by atoms with E-state index in [0.717, 1.165) is 30.1 Å². The molecule has 2 fully saturated rings. The van der Waals surface area contributed by atoms with E-state index in [1.165, 1.54) is 43.5 Å². The summed E-state index contributed by atoms with van der Waals surface area (Å²) in [6.07, 6.45) is 5.52. The van der Waals surface area contributed by atoms with E-state index in [2.05, 4.69) is 42.3 Å². The van der Waals surface area contributed by atoms with Gasteiger partial charge in [0.05, 0.1) is 0 Å². The fourth-order valence-electron chi connectivity index (χ4n) is 2.78. The molecule has 2 nitrogen and oxygen atoms in total. The van der Waals surface area contributed by atoms with Crippen LogP contribution in [0.4, 0.5) is 5.69 Å². The zero-order valence-corrected chi connectivity index (χ0v) is 14.0. The summed E-state index contributed by atoms with van der Waals surface area (Å²) in [5, 5.41) is 4.38. The summed E-state index contributed by atoms with van der Waals surface area (Å²) < 4.78 is 0. The van der Waals surface area contributed by atoms with Crippen molar-refractivity contribution in [3.05, 3.63) is 28.8 Å². The molecule has 3 heteroatoms. The lowest BCUT2D eigenvalue weighted by molar-refractivity contribution is 0.552. The van der Waals surface area contributed by atoms with Gasteiger partial charge in [-0.1, -0.05) is 31.5 Å². The average Bonchev–Trinajstić information content (AvgIpc) is 3.31. The van der Waals surface area contributed by atoms with E-state index in [1.807, 2.05) is 0 Å². The Hall–Kier alpha value is -0.730.